The molecule has 106 valence electrons. The second kappa shape index (κ2) is 9.27. The van der Waals surface area contributed by atoms with Gasteiger partial charge in [-0.15, -0.1) is 6.58 Å². The van der Waals surface area contributed by atoms with E-state index >= 15 is 0 Å². The van der Waals surface area contributed by atoms with Crippen LogP contribution < -0.4 is 5.32 Å². The summed E-state index contributed by atoms with van der Waals surface area (Å²) in [6.07, 6.45) is 7.44. The molecular weight excluding hydrogens is 305 g/mol. The molecule has 1 aromatic rings. The van der Waals surface area contributed by atoms with Crippen LogP contribution in [0.5, 0.6) is 0 Å². The van der Waals surface area contributed by atoms with Crippen LogP contribution in [0.15, 0.2) is 35.3 Å². The molecule has 1 atom stereocenters. The lowest BCUT2D eigenvalue weighted by molar-refractivity contribution is 0.461. The third kappa shape index (κ3) is 5.45. The van der Waals surface area contributed by atoms with E-state index in [1.807, 2.05) is 18.2 Å². The first kappa shape index (κ1) is 16.4. The van der Waals surface area contributed by atoms with Crippen molar-refractivity contribution in [1.82, 2.24) is 5.32 Å². The Kier molecular flexibility index (Phi) is 7.99. The normalized spacial score (nSPS) is 12.4. The number of hydrogen-bond acceptors (Lipinski definition) is 1. The van der Waals surface area contributed by atoms with Crippen molar-refractivity contribution in [3.05, 3.63) is 46.7 Å². The molecule has 1 unspecified atom stereocenters. The Hall–Kier alpha value is -0.670. The minimum absolute atomic E-state index is 0.103. The third-order valence-corrected chi connectivity index (χ3v) is 3.82. The van der Waals surface area contributed by atoms with Gasteiger partial charge >= 0.3 is 0 Å². The summed E-state index contributed by atoms with van der Waals surface area (Å²) in [5.74, 6) is -0.139. The number of rotatable bonds is 9. The van der Waals surface area contributed by atoms with Gasteiger partial charge in [-0.25, -0.2) is 4.39 Å². The van der Waals surface area contributed by atoms with Gasteiger partial charge in [-0.1, -0.05) is 38.0 Å². The Morgan fingerprint density at radius 1 is 1.37 bits per heavy atom. The minimum Gasteiger partial charge on any atom is -0.310 e. The molecule has 1 rings (SSSR count). The van der Waals surface area contributed by atoms with Crippen molar-refractivity contribution in [2.24, 2.45) is 0 Å². The fourth-order valence-corrected chi connectivity index (χ4v) is 2.60. The summed E-state index contributed by atoms with van der Waals surface area (Å²) in [5, 5.41) is 3.38. The first-order valence-corrected chi connectivity index (χ1v) is 7.78. The molecule has 0 saturated carbocycles. The van der Waals surface area contributed by atoms with Gasteiger partial charge in [0.1, 0.15) is 5.82 Å². The molecule has 1 aromatic carbocycles. The van der Waals surface area contributed by atoms with Gasteiger partial charge in [0, 0.05) is 11.6 Å². The van der Waals surface area contributed by atoms with Gasteiger partial charge in [0.05, 0.1) is 4.47 Å². The lowest BCUT2D eigenvalue weighted by Gasteiger charge is -2.19. The molecule has 0 amide bonds. The van der Waals surface area contributed by atoms with Gasteiger partial charge < -0.3 is 5.32 Å². The molecule has 0 aliphatic heterocycles. The van der Waals surface area contributed by atoms with E-state index < -0.39 is 0 Å². The summed E-state index contributed by atoms with van der Waals surface area (Å²) in [4.78, 5) is 0. The average Bonchev–Trinajstić information content (AvgIpc) is 2.41. The summed E-state index contributed by atoms with van der Waals surface area (Å²) >= 11 is 3.25. The average molecular weight is 328 g/mol. The van der Waals surface area contributed by atoms with Gasteiger partial charge in [0.15, 0.2) is 0 Å². The van der Waals surface area contributed by atoms with Gasteiger partial charge in [0.25, 0.3) is 0 Å². The Bertz CT molecular complexity index is 392. The highest BCUT2D eigenvalue weighted by Crippen LogP contribution is 2.27. The van der Waals surface area contributed by atoms with Gasteiger partial charge in [-0.3, -0.25) is 0 Å². The van der Waals surface area contributed by atoms with E-state index in [9.17, 15) is 4.39 Å². The number of allylic oxidation sites excluding steroid dienone is 1. The van der Waals surface area contributed by atoms with Crippen LogP contribution in [-0.4, -0.2) is 6.54 Å². The Balaban J connectivity index is 2.60. The zero-order valence-electron chi connectivity index (χ0n) is 11.6. The number of halogens is 2. The standard InChI is InChI=1S/C16H23BrFN/c1-3-5-6-7-8-12-15(19-4-2)13-10-9-11-14(17)16(13)18/h3,9-11,15,19H,1,4-8,12H2,2H3. The predicted molar refractivity (Wildman–Crippen MR) is 83.8 cm³/mol. The monoisotopic (exact) mass is 327 g/mol. The van der Waals surface area contributed by atoms with E-state index in [0.29, 0.717) is 4.47 Å². The van der Waals surface area contributed by atoms with Crippen molar-refractivity contribution in [1.29, 1.82) is 0 Å². The van der Waals surface area contributed by atoms with Crippen molar-refractivity contribution in [2.75, 3.05) is 6.54 Å². The van der Waals surface area contributed by atoms with Crippen LogP contribution in [0.1, 0.15) is 50.6 Å². The van der Waals surface area contributed by atoms with Gasteiger partial charge in [-0.2, -0.15) is 0 Å². The van der Waals surface area contributed by atoms with Crippen molar-refractivity contribution in [3.63, 3.8) is 0 Å². The molecule has 0 spiro atoms. The zero-order chi connectivity index (χ0) is 14.1. The molecule has 1 nitrogen and oxygen atoms in total. The summed E-state index contributed by atoms with van der Waals surface area (Å²) in [6, 6.07) is 5.61. The molecule has 0 aliphatic rings. The molecule has 0 saturated heterocycles. The van der Waals surface area contributed by atoms with Crippen LogP contribution in [0.4, 0.5) is 4.39 Å². The molecular formula is C16H23BrFN. The number of unbranched alkanes of at least 4 members (excludes halogenated alkanes) is 3. The molecule has 0 aromatic heterocycles. The van der Waals surface area contributed by atoms with E-state index in [4.69, 9.17) is 0 Å². The molecule has 3 heteroatoms. The predicted octanol–water partition coefficient (Wildman–Crippen LogP) is 5.38. The fourth-order valence-electron chi connectivity index (χ4n) is 2.22. The minimum atomic E-state index is -0.139. The highest BCUT2D eigenvalue weighted by Gasteiger charge is 2.15. The summed E-state index contributed by atoms with van der Waals surface area (Å²) in [6.45, 7) is 6.63. The van der Waals surface area contributed by atoms with E-state index in [1.165, 1.54) is 12.8 Å². The topological polar surface area (TPSA) is 12.0 Å². The van der Waals surface area contributed by atoms with Crippen molar-refractivity contribution >= 4 is 15.9 Å². The van der Waals surface area contributed by atoms with Crippen LogP contribution in [0, 0.1) is 5.82 Å². The quantitative estimate of drug-likeness (QED) is 0.474. The molecule has 0 aliphatic carbocycles. The third-order valence-electron chi connectivity index (χ3n) is 3.21. The number of hydrogen-bond donors (Lipinski definition) is 1. The van der Waals surface area contributed by atoms with Crippen LogP contribution in [-0.2, 0) is 0 Å². The first-order chi connectivity index (χ1) is 9.20. The molecule has 0 radical (unpaired) electrons. The highest BCUT2D eigenvalue weighted by atomic mass is 79.9. The summed E-state index contributed by atoms with van der Waals surface area (Å²) in [7, 11) is 0. The zero-order valence-corrected chi connectivity index (χ0v) is 13.2. The van der Waals surface area contributed by atoms with E-state index in [-0.39, 0.29) is 11.9 Å². The summed E-state index contributed by atoms with van der Waals surface area (Å²) < 4.78 is 14.6. The van der Waals surface area contributed by atoms with E-state index in [2.05, 4.69) is 34.7 Å². The first-order valence-electron chi connectivity index (χ1n) is 6.98. The van der Waals surface area contributed by atoms with E-state index in [0.717, 1.165) is 31.4 Å². The second-order valence-corrected chi connectivity index (χ2v) is 5.53. The highest BCUT2D eigenvalue weighted by molar-refractivity contribution is 9.10. The molecule has 0 bridgehead atoms. The van der Waals surface area contributed by atoms with Crippen LogP contribution >= 0.6 is 15.9 Å². The Morgan fingerprint density at radius 3 is 2.84 bits per heavy atom. The lowest BCUT2D eigenvalue weighted by Crippen LogP contribution is -2.22. The number of benzene rings is 1. The van der Waals surface area contributed by atoms with Gasteiger partial charge in [-0.05, 0) is 47.8 Å². The Labute approximate surface area is 124 Å². The van der Waals surface area contributed by atoms with E-state index in [1.54, 1.807) is 6.07 Å². The van der Waals surface area contributed by atoms with Crippen LogP contribution in [0.2, 0.25) is 0 Å². The molecule has 0 heterocycles. The summed E-state index contributed by atoms with van der Waals surface area (Å²) in [5.41, 5.74) is 0.764. The molecule has 0 fully saturated rings. The fraction of sp³-hybridized carbons (Fsp3) is 0.500. The van der Waals surface area contributed by atoms with Crippen molar-refractivity contribution in [3.8, 4) is 0 Å². The van der Waals surface area contributed by atoms with Gasteiger partial charge in [0.2, 0.25) is 0 Å². The smallest absolute Gasteiger partial charge is 0.142 e. The van der Waals surface area contributed by atoms with Crippen molar-refractivity contribution < 1.29 is 4.39 Å². The Morgan fingerprint density at radius 2 is 2.16 bits per heavy atom. The second-order valence-electron chi connectivity index (χ2n) is 4.68. The maximum absolute atomic E-state index is 14.1. The maximum atomic E-state index is 14.1. The van der Waals surface area contributed by atoms with Crippen LogP contribution in [0.25, 0.3) is 0 Å². The lowest BCUT2D eigenvalue weighted by atomic mass is 9.99. The largest absolute Gasteiger partial charge is 0.310 e. The molecule has 19 heavy (non-hydrogen) atoms. The SMILES string of the molecule is C=CCCCCCC(NCC)c1cccc(Br)c1F. The molecule has 1 N–H and O–H groups in total. The van der Waals surface area contributed by atoms with Crippen molar-refractivity contribution in [2.45, 2.75) is 45.1 Å². The number of nitrogens with one attached hydrogen (secondary N) is 1. The van der Waals surface area contributed by atoms with Crippen LogP contribution in [0.3, 0.4) is 0 Å². The maximum Gasteiger partial charge on any atom is 0.142 e.